The van der Waals surface area contributed by atoms with Crippen LogP contribution in [0.3, 0.4) is 0 Å². The van der Waals surface area contributed by atoms with E-state index in [1.807, 2.05) is 0 Å². The zero-order valence-corrected chi connectivity index (χ0v) is 13.5. The summed E-state index contributed by atoms with van der Waals surface area (Å²) in [5.41, 5.74) is 2.02. The van der Waals surface area contributed by atoms with Gasteiger partial charge in [-0.15, -0.1) is 0 Å². The number of benzene rings is 2. The van der Waals surface area contributed by atoms with Crippen molar-refractivity contribution in [3.63, 3.8) is 0 Å². The molecule has 1 amide bonds. The van der Waals surface area contributed by atoms with Crippen LogP contribution < -0.4 is 5.32 Å². The van der Waals surface area contributed by atoms with Gasteiger partial charge in [0.15, 0.2) is 5.58 Å². The highest BCUT2D eigenvalue weighted by atomic mass is 35.5. The first-order valence-corrected chi connectivity index (χ1v) is 8.24. The minimum Gasteiger partial charge on any atom is -0.508 e. The van der Waals surface area contributed by atoms with Crippen molar-refractivity contribution in [2.45, 2.75) is 11.6 Å². The van der Waals surface area contributed by atoms with Gasteiger partial charge in [0.2, 0.25) is 5.91 Å². The number of nitrogens with zero attached hydrogens (tertiary/aromatic N) is 1. The normalized spacial score (nSPS) is 10.8. The van der Waals surface area contributed by atoms with Gasteiger partial charge in [-0.1, -0.05) is 23.4 Å². The Morgan fingerprint density at radius 1 is 1.26 bits per heavy atom. The van der Waals surface area contributed by atoms with E-state index in [0.29, 0.717) is 39.2 Å². The van der Waals surface area contributed by atoms with Gasteiger partial charge in [-0.05, 0) is 42.5 Å². The number of carbonyl (C=O) groups excluding carboxylic acids is 1. The fourth-order valence-corrected chi connectivity index (χ4v) is 2.88. The lowest BCUT2D eigenvalue weighted by Crippen LogP contribution is -2.11. The summed E-state index contributed by atoms with van der Waals surface area (Å²) in [6, 6.07) is 11.6. The number of thioether (sulfide) groups is 1. The van der Waals surface area contributed by atoms with Crippen LogP contribution in [0.4, 0.5) is 5.69 Å². The molecular weight excluding hydrogens is 336 g/mol. The summed E-state index contributed by atoms with van der Waals surface area (Å²) in [5.74, 6) is 0.599. The molecule has 0 spiro atoms. The van der Waals surface area contributed by atoms with Crippen molar-refractivity contribution in [2.24, 2.45) is 0 Å². The number of aromatic hydroxyl groups is 1. The van der Waals surface area contributed by atoms with E-state index in [1.54, 1.807) is 30.3 Å². The molecular formula is C16H13ClN2O3S. The molecule has 1 heterocycles. The Hall–Kier alpha value is -2.18. The first-order valence-electron chi connectivity index (χ1n) is 6.88. The number of carbonyl (C=O) groups is 1. The summed E-state index contributed by atoms with van der Waals surface area (Å²) in [5, 5.41) is 13.1. The van der Waals surface area contributed by atoms with Crippen LogP contribution in [0.25, 0.3) is 11.1 Å². The molecule has 0 atom stereocenters. The van der Waals surface area contributed by atoms with Gasteiger partial charge in [-0.2, -0.15) is 0 Å². The van der Waals surface area contributed by atoms with Gasteiger partial charge in [0.25, 0.3) is 5.22 Å². The number of fused-ring (bicyclic) bond motifs is 1. The second-order valence-electron chi connectivity index (χ2n) is 4.79. The maximum absolute atomic E-state index is 11.8. The first-order chi connectivity index (χ1) is 11.1. The lowest BCUT2D eigenvalue weighted by Gasteiger charge is -2.04. The molecule has 0 saturated carbocycles. The smallest absolute Gasteiger partial charge is 0.256 e. The van der Waals surface area contributed by atoms with Crippen molar-refractivity contribution in [3.05, 3.63) is 47.5 Å². The summed E-state index contributed by atoms with van der Waals surface area (Å²) in [6.45, 7) is 0. The highest BCUT2D eigenvalue weighted by Gasteiger charge is 2.08. The Balaban J connectivity index is 1.51. The van der Waals surface area contributed by atoms with Gasteiger partial charge >= 0.3 is 0 Å². The van der Waals surface area contributed by atoms with E-state index in [-0.39, 0.29) is 11.7 Å². The van der Waals surface area contributed by atoms with Gasteiger partial charge in [0, 0.05) is 22.9 Å². The number of hydrogen-bond acceptors (Lipinski definition) is 5. The monoisotopic (exact) mass is 348 g/mol. The van der Waals surface area contributed by atoms with E-state index in [1.165, 1.54) is 23.9 Å². The number of oxazole rings is 1. The Labute approximate surface area is 141 Å². The van der Waals surface area contributed by atoms with E-state index in [2.05, 4.69) is 10.3 Å². The quantitative estimate of drug-likeness (QED) is 0.531. The average molecular weight is 349 g/mol. The average Bonchev–Trinajstić information content (AvgIpc) is 2.91. The van der Waals surface area contributed by atoms with Crippen LogP contribution in [0.1, 0.15) is 6.42 Å². The van der Waals surface area contributed by atoms with Crippen LogP contribution in [-0.4, -0.2) is 21.8 Å². The SMILES string of the molecule is O=C(CCSc1nc2cc(Cl)ccc2o1)Nc1ccc(O)cc1. The van der Waals surface area contributed by atoms with Crippen LogP contribution in [0, 0.1) is 0 Å². The van der Waals surface area contributed by atoms with Gasteiger partial charge in [-0.3, -0.25) is 4.79 Å². The molecule has 0 saturated heterocycles. The number of aromatic nitrogens is 1. The third kappa shape index (κ3) is 4.18. The third-order valence-electron chi connectivity index (χ3n) is 3.04. The van der Waals surface area contributed by atoms with Crippen LogP contribution in [0.2, 0.25) is 5.02 Å². The highest BCUT2D eigenvalue weighted by molar-refractivity contribution is 7.99. The van der Waals surface area contributed by atoms with E-state index in [4.69, 9.17) is 16.0 Å². The minimum atomic E-state index is -0.109. The summed E-state index contributed by atoms with van der Waals surface area (Å²) in [7, 11) is 0. The molecule has 7 heteroatoms. The summed E-state index contributed by atoms with van der Waals surface area (Å²) < 4.78 is 5.57. The minimum absolute atomic E-state index is 0.109. The number of phenolic OH excluding ortho intramolecular Hbond substituents is 1. The Morgan fingerprint density at radius 2 is 2.04 bits per heavy atom. The zero-order valence-electron chi connectivity index (χ0n) is 12.0. The van der Waals surface area contributed by atoms with E-state index >= 15 is 0 Å². The van der Waals surface area contributed by atoms with E-state index in [9.17, 15) is 9.90 Å². The largest absolute Gasteiger partial charge is 0.508 e. The number of rotatable bonds is 5. The molecule has 3 aromatic rings. The Bertz CT molecular complexity index is 833. The van der Waals surface area contributed by atoms with Crippen molar-refractivity contribution in [1.82, 2.24) is 4.98 Å². The topological polar surface area (TPSA) is 75.4 Å². The molecule has 0 unspecified atom stereocenters. The van der Waals surface area contributed by atoms with Crippen LogP contribution >= 0.6 is 23.4 Å². The van der Waals surface area contributed by atoms with Crippen LogP contribution in [0.5, 0.6) is 5.75 Å². The van der Waals surface area contributed by atoms with Crippen molar-refractivity contribution in [2.75, 3.05) is 11.1 Å². The molecule has 23 heavy (non-hydrogen) atoms. The molecule has 5 nitrogen and oxygen atoms in total. The molecule has 1 aromatic heterocycles. The lowest BCUT2D eigenvalue weighted by atomic mass is 10.3. The summed E-state index contributed by atoms with van der Waals surface area (Å²) >= 11 is 7.28. The van der Waals surface area contributed by atoms with Crippen LogP contribution in [0.15, 0.2) is 52.1 Å². The lowest BCUT2D eigenvalue weighted by molar-refractivity contribution is -0.115. The van der Waals surface area contributed by atoms with E-state index in [0.717, 1.165) is 0 Å². The molecule has 0 aliphatic carbocycles. The molecule has 0 bridgehead atoms. The molecule has 2 aromatic carbocycles. The van der Waals surface area contributed by atoms with Crippen molar-refractivity contribution in [1.29, 1.82) is 0 Å². The van der Waals surface area contributed by atoms with Crippen LogP contribution in [-0.2, 0) is 4.79 Å². The molecule has 0 radical (unpaired) electrons. The second-order valence-corrected chi connectivity index (χ2v) is 6.27. The molecule has 0 aliphatic heterocycles. The predicted octanol–water partition coefficient (Wildman–Crippen LogP) is 4.31. The number of halogens is 1. The van der Waals surface area contributed by atoms with Crippen molar-refractivity contribution in [3.8, 4) is 5.75 Å². The molecule has 0 aliphatic rings. The standard InChI is InChI=1S/C16H13ClN2O3S/c17-10-1-6-14-13(9-10)19-16(22-14)23-8-7-15(21)18-11-2-4-12(20)5-3-11/h1-6,9,20H,7-8H2,(H,18,21). The fraction of sp³-hybridized carbons (Fsp3) is 0.125. The summed E-state index contributed by atoms with van der Waals surface area (Å²) in [4.78, 5) is 16.2. The molecule has 3 rings (SSSR count). The van der Waals surface area contributed by atoms with E-state index < -0.39 is 0 Å². The maximum atomic E-state index is 11.8. The number of phenols is 1. The third-order valence-corrected chi connectivity index (χ3v) is 4.10. The number of nitrogens with one attached hydrogen (secondary N) is 1. The maximum Gasteiger partial charge on any atom is 0.256 e. The number of anilines is 1. The predicted molar refractivity (Wildman–Crippen MR) is 91.1 cm³/mol. The molecule has 0 fully saturated rings. The molecule has 118 valence electrons. The number of hydrogen-bond donors (Lipinski definition) is 2. The Kier molecular flexibility index (Phi) is 4.73. The van der Waals surface area contributed by atoms with Gasteiger partial charge in [0.1, 0.15) is 11.3 Å². The van der Waals surface area contributed by atoms with Gasteiger partial charge < -0.3 is 14.8 Å². The fourth-order valence-electron chi connectivity index (χ4n) is 1.94. The Morgan fingerprint density at radius 3 is 2.83 bits per heavy atom. The number of amides is 1. The molecule has 2 N–H and O–H groups in total. The van der Waals surface area contributed by atoms with Crippen molar-refractivity contribution < 1.29 is 14.3 Å². The second kappa shape index (κ2) is 6.93. The van der Waals surface area contributed by atoms with Gasteiger partial charge in [0.05, 0.1) is 0 Å². The van der Waals surface area contributed by atoms with Crippen molar-refractivity contribution >= 4 is 46.1 Å². The highest BCUT2D eigenvalue weighted by Crippen LogP contribution is 2.26. The first kappa shape index (κ1) is 15.7. The summed E-state index contributed by atoms with van der Waals surface area (Å²) in [6.07, 6.45) is 0.324. The van der Waals surface area contributed by atoms with Gasteiger partial charge in [-0.25, -0.2) is 4.98 Å². The zero-order chi connectivity index (χ0) is 16.2.